The molecule has 0 saturated carbocycles. The van der Waals surface area contributed by atoms with Crippen molar-refractivity contribution in [2.45, 2.75) is 46.2 Å². The van der Waals surface area contributed by atoms with Gasteiger partial charge in [0.05, 0.1) is 13.2 Å². The first-order valence-electron chi connectivity index (χ1n) is 9.06. The molecule has 1 atom stereocenters. The van der Waals surface area contributed by atoms with Gasteiger partial charge in [-0.05, 0) is 31.9 Å². The van der Waals surface area contributed by atoms with Crippen molar-refractivity contribution in [2.24, 2.45) is 4.99 Å². The van der Waals surface area contributed by atoms with Crippen molar-refractivity contribution < 1.29 is 9.53 Å². The van der Waals surface area contributed by atoms with Gasteiger partial charge in [0.1, 0.15) is 0 Å². The minimum absolute atomic E-state index is 0.214. The van der Waals surface area contributed by atoms with Crippen LogP contribution in [0.2, 0.25) is 0 Å². The lowest BCUT2D eigenvalue weighted by molar-refractivity contribution is -0.129. The molecule has 7 heteroatoms. The fraction of sp³-hybridized carbons (Fsp3) is 0.611. The van der Waals surface area contributed by atoms with Crippen LogP contribution in [-0.4, -0.2) is 54.0 Å². The molecular weight excluding hydrogens is 318 g/mol. The third kappa shape index (κ3) is 5.92. The van der Waals surface area contributed by atoms with Crippen LogP contribution in [0.5, 0.6) is 5.88 Å². The third-order valence-corrected chi connectivity index (χ3v) is 4.04. The maximum absolute atomic E-state index is 11.8. The van der Waals surface area contributed by atoms with E-state index in [1.165, 1.54) is 0 Å². The van der Waals surface area contributed by atoms with Gasteiger partial charge in [-0.25, -0.2) is 9.98 Å². The average molecular weight is 347 g/mol. The Bertz CT molecular complexity index is 591. The minimum atomic E-state index is 0.214. The molecule has 1 aromatic rings. The van der Waals surface area contributed by atoms with Gasteiger partial charge in [0.2, 0.25) is 11.8 Å². The van der Waals surface area contributed by atoms with Crippen LogP contribution in [0.3, 0.4) is 0 Å². The molecule has 1 aliphatic heterocycles. The zero-order valence-corrected chi connectivity index (χ0v) is 15.4. The number of hydrogen-bond donors (Lipinski definition) is 2. The van der Waals surface area contributed by atoms with Crippen LogP contribution < -0.4 is 15.4 Å². The summed E-state index contributed by atoms with van der Waals surface area (Å²) in [4.78, 5) is 22.5. The summed E-state index contributed by atoms with van der Waals surface area (Å²) in [5.74, 6) is 1.61. The summed E-state index contributed by atoms with van der Waals surface area (Å²) in [6, 6.07) is 4.09. The largest absolute Gasteiger partial charge is 0.478 e. The molecule has 2 heterocycles. The molecular formula is C18H29N5O2. The third-order valence-electron chi connectivity index (χ3n) is 4.04. The first-order valence-corrected chi connectivity index (χ1v) is 9.06. The van der Waals surface area contributed by atoms with Crippen LogP contribution in [0.15, 0.2) is 23.3 Å². The fourth-order valence-electron chi connectivity index (χ4n) is 2.79. The summed E-state index contributed by atoms with van der Waals surface area (Å²) in [6.45, 7) is 9.36. The van der Waals surface area contributed by atoms with Gasteiger partial charge in [-0.2, -0.15) is 0 Å². The minimum Gasteiger partial charge on any atom is -0.478 e. The van der Waals surface area contributed by atoms with Crippen LogP contribution in [0.1, 0.15) is 39.2 Å². The summed E-state index contributed by atoms with van der Waals surface area (Å²) in [5.41, 5.74) is 1.05. The standard InChI is InChI=1S/C18H29N5O2/c1-4-17(24)23-10-8-15(13-23)22-18(19-5-2)21-12-14-7-9-20-16(11-14)25-6-3/h7,9,11,15H,4-6,8,10,12-13H2,1-3H3,(H2,19,21,22). The lowest BCUT2D eigenvalue weighted by Gasteiger charge is -2.18. The SMILES string of the molecule is CCNC(=NCc1ccnc(OCC)c1)NC1CCN(C(=O)CC)C1. The van der Waals surface area contributed by atoms with E-state index in [4.69, 9.17) is 4.74 Å². The number of pyridine rings is 1. The Balaban J connectivity index is 1.94. The molecule has 1 aliphatic rings. The Hall–Kier alpha value is -2.31. The zero-order chi connectivity index (χ0) is 18.1. The van der Waals surface area contributed by atoms with Gasteiger partial charge in [-0.15, -0.1) is 0 Å². The number of aliphatic imine (C=N–C) groups is 1. The highest BCUT2D eigenvalue weighted by Crippen LogP contribution is 2.12. The molecule has 0 spiro atoms. The van der Waals surface area contributed by atoms with Gasteiger partial charge in [-0.1, -0.05) is 6.92 Å². The molecule has 2 rings (SSSR count). The Kier molecular flexibility index (Phi) is 7.50. The number of nitrogens with zero attached hydrogens (tertiary/aromatic N) is 3. The summed E-state index contributed by atoms with van der Waals surface area (Å²) in [7, 11) is 0. The van der Waals surface area contributed by atoms with Crippen molar-refractivity contribution in [3.63, 3.8) is 0 Å². The number of hydrogen-bond acceptors (Lipinski definition) is 4. The normalized spacial score (nSPS) is 17.5. The Morgan fingerprint density at radius 3 is 3.00 bits per heavy atom. The molecule has 1 aromatic heterocycles. The maximum atomic E-state index is 11.8. The number of ether oxygens (including phenoxy) is 1. The monoisotopic (exact) mass is 347 g/mol. The van der Waals surface area contributed by atoms with Gasteiger partial charge in [-0.3, -0.25) is 4.79 Å². The van der Waals surface area contributed by atoms with Crippen LogP contribution in [0, 0.1) is 0 Å². The van der Waals surface area contributed by atoms with Crippen molar-refractivity contribution in [1.29, 1.82) is 0 Å². The zero-order valence-electron chi connectivity index (χ0n) is 15.4. The van der Waals surface area contributed by atoms with E-state index in [-0.39, 0.29) is 11.9 Å². The predicted octanol–water partition coefficient (Wildman–Crippen LogP) is 1.55. The van der Waals surface area contributed by atoms with Crippen LogP contribution in [0.4, 0.5) is 0 Å². The van der Waals surface area contributed by atoms with Gasteiger partial charge in [0.15, 0.2) is 5.96 Å². The highest BCUT2D eigenvalue weighted by Gasteiger charge is 2.25. The summed E-state index contributed by atoms with van der Waals surface area (Å²) >= 11 is 0. The number of rotatable bonds is 7. The number of carbonyl (C=O) groups is 1. The Morgan fingerprint density at radius 1 is 1.44 bits per heavy atom. The second kappa shape index (κ2) is 9.86. The first kappa shape index (κ1) is 19.0. The fourth-order valence-corrected chi connectivity index (χ4v) is 2.79. The molecule has 0 radical (unpaired) electrons. The van der Waals surface area contributed by atoms with Crippen molar-refractivity contribution in [3.8, 4) is 5.88 Å². The lowest BCUT2D eigenvalue weighted by Crippen LogP contribution is -2.45. The quantitative estimate of drug-likeness (QED) is 0.578. The molecule has 1 fully saturated rings. The Morgan fingerprint density at radius 2 is 2.28 bits per heavy atom. The smallest absolute Gasteiger partial charge is 0.222 e. The number of amides is 1. The molecule has 1 saturated heterocycles. The highest BCUT2D eigenvalue weighted by atomic mass is 16.5. The highest BCUT2D eigenvalue weighted by molar-refractivity contribution is 5.80. The van der Waals surface area contributed by atoms with E-state index in [2.05, 4.69) is 20.6 Å². The molecule has 138 valence electrons. The van der Waals surface area contributed by atoms with Gasteiger partial charge in [0, 0.05) is 44.4 Å². The number of carbonyl (C=O) groups excluding carboxylic acids is 1. The molecule has 0 bridgehead atoms. The van der Waals surface area contributed by atoms with Crippen LogP contribution in [0.25, 0.3) is 0 Å². The van der Waals surface area contributed by atoms with Gasteiger partial charge < -0.3 is 20.3 Å². The number of aromatic nitrogens is 1. The topological polar surface area (TPSA) is 78.9 Å². The second-order valence-corrected chi connectivity index (χ2v) is 5.95. The van der Waals surface area contributed by atoms with Crippen molar-refractivity contribution in [3.05, 3.63) is 23.9 Å². The summed E-state index contributed by atoms with van der Waals surface area (Å²) < 4.78 is 5.42. The number of guanidine groups is 1. The van der Waals surface area contributed by atoms with E-state index in [0.29, 0.717) is 25.5 Å². The molecule has 25 heavy (non-hydrogen) atoms. The maximum Gasteiger partial charge on any atom is 0.222 e. The molecule has 2 N–H and O–H groups in total. The van der Waals surface area contributed by atoms with Crippen LogP contribution >= 0.6 is 0 Å². The van der Waals surface area contributed by atoms with Gasteiger partial charge in [0.25, 0.3) is 0 Å². The summed E-state index contributed by atoms with van der Waals surface area (Å²) in [6.07, 6.45) is 3.24. The molecule has 7 nitrogen and oxygen atoms in total. The summed E-state index contributed by atoms with van der Waals surface area (Å²) in [5, 5.41) is 6.70. The van der Waals surface area contributed by atoms with E-state index in [1.54, 1.807) is 6.20 Å². The second-order valence-electron chi connectivity index (χ2n) is 5.95. The number of likely N-dealkylation sites (tertiary alicyclic amines) is 1. The predicted molar refractivity (Wildman–Crippen MR) is 98.6 cm³/mol. The van der Waals surface area contributed by atoms with Gasteiger partial charge >= 0.3 is 0 Å². The van der Waals surface area contributed by atoms with E-state index < -0.39 is 0 Å². The van der Waals surface area contributed by atoms with E-state index in [9.17, 15) is 4.79 Å². The molecule has 0 aromatic carbocycles. The lowest BCUT2D eigenvalue weighted by atomic mass is 10.2. The van der Waals surface area contributed by atoms with E-state index >= 15 is 0 Å². The Labute approximate surface area is 149 Å². The van der Waals surface area contributed by atoms with E-state index in [1.807, 2.05) is 37.8 Å². The van der Waals surface area contributed by atoms with Crippen molar-refractivity contribution in [1.82, 2.24) is 20.5 Å². The van der Waals surface area contributed by atoms with Crippen molar-refractivity contribution in [2.75, 3.05) is 26.2 Å². The molecule has 1 amide bonds. The number of nitrogens with one attached hydrogen (secondary N) is 2. The average Bonchev–Trinajstić information content (AvgIpc) is 3.08. The van der Waals surface area contributed by atoms with Crippen molar-refractivity contribution >= 4 is 11.9 Å². The molecule has 1 unspecified atom stereocenters. The molecule has 0 aliphatic carbocycles. The first-order chi connectivity index (χ1) is 12.2. The van der Waals surface area contributed by atoms with E-state index in [0.717, 1.165) is 37.6 Å². The van der Waals surface area contributed by atoms with Crippen LogP contribution in [-0.2, 0) is 11.3 Å².